The van der Waals surface area contributed by atoms with E-state index in [1.165, 1.54) is 35.4 Å². The molecule has 0 radical (unpaired) electrons. The minimum atomic E-state index is -0.538. The van der Waals surface area contributed by atoms with Crippen LogP contribution in [0.4, 0.5) is 0 Å². The predicted octanol–water partition coefficient (Wildman–Crippen LogP) is 7.56. The molecule has 11 nitrogen and oxygen atoms in total. The lowest BCUT2D eigenvalue weighted by atomic mass is 9.96. The highest BCUT2D eigenvalue weighted by atomic mass is 32.1. The van der Waals surface area contributed by atoms with Crippen LogP contribution in [0, 0.1) is 17.8 Å². The summed E-state index contributed by atoms with van der Waals surface area (Å²) < 4.78 is 0. The maximum atomic E-state index is 13.5. The summed E-state index contributed by atoms with van der Waals surface area (Å²) in [5, 5.41) is 2.47. The second-order valence-electron chi connectivity index (χ2n) is 15.2. The number of aliphatic imine (C=N–C) groups is 1. The van der Waals surface area contributed by atoms with Crippen molar-refractivity contribution < 1.29 is 19.4 Å². The Kier molecular flexibility index (Phi) is 19.9. The lowest BCUT2D eigenvalue weighted by molar-refractivity contribution is -0.188. The second kappa shape index (κ2) is 22.7. The predicted molar refractivity (Wildman–Crippen MR) is 244 cm³/mol. The number of aryl methyl sites for hydroxylation is 4. The van der Waals surface area contributed by atoms with Crippen LogP contribution < -0.4 is 0 Å². The molecule has 2 aliphatic heterocycles. The number of hydrogen-bond donors (Lipinski definition) is 2. The van der Waals surface area contributed by atoms with Gasteiger partial charge in [0.05, 0.1) is 19.2 Å². The van der Waals surface area contributed by atoms with Gasteiger partial charge in [-0.05, 0) is 85.1 Å². The Balaban J connectivity index is 0.00000271. The molecule has 0 bridgehead atoms. The molecular weight excluding hydrogens is 783 g/mol. The van der Waals surface area contributed by atoms with Gasteiger partial charge in [0, 0.05) is 42.8 Å². The quantitative estimate of drug-likeness (QED) is 0.0551. The van der Waals surface area contributed by atoms with Gasteiger partial charge in [0.2, 0.25) is 18.2 Å². The van der Waals surface area contributed by atoms with Crippen molar-refractivity contribution in [1.29, 1.82) is 0 Å². The van der Waals surface area contributed by atoms with E-state index in [1.54, 1.807) is 0 Å². The number of nitrogens with one attached hydrogen (secondary N) is 2. The molecule has 2 aromatic heterocycles. The van der Waals surface area contributed by atoms with Crippen LogP contribution in [0.25, 0.3) is 10.8 Å². The number of amides is 2. The number of likely N-dealkylation sites (tertiary alicyclic amines) is 2. The molecular formula is C41H63N7O4S4. The van der Waals surface area contributed by atoms with E-state index in [-0.39, 0.29) is 89.7 Å². The standard InChI is InChI=1S/C41H55N7O4.4H2S/c1-26(2)28(5)40(49)47-19-7-9-35(47)38-42-23-33(45-38)17-13-29-11-15-32-22-30(12-16-31(32)21-29)14-18-34-24-43-39(46-34)36-10-8-20-48(36)41(50)37(27(3)4)44-25-52-51-6;;;;/h11-12,15-16,21-28,35-37H,7-10,13-14,17-20H2,1-6H3,(H,42,45)(H,43,46);4*1H2/t28-,35-,36-,37-;;;;/m0..../s1. The fraction of sp³-hybridized carbons (Fsp3) is 0.537. The molecule has 4 aromatic rings. The molecule has 0 saturated carbocycles. The molecule has 2 saturated heterocycles. The molecule has 2 amide bonds. The van der Waals surface area contributed by atoms with E-state index in [0.717, 1.165) is 80.9 Å². The number of aromatic amines is 2. The normalized spacial score (nSPS) is 17.7. The third kappa shape index (κ3) is 11.7. The van der Waals surface area contributed by atoms with Crippen molar-refractivity contribution in [3.05, 3.63) is 83.0 Å². The van der Waals surface area contributed by atoms with Gasteiger partial charge in [0.1, 0.15) is 17.7 Å². The molecule has 0 aliphatic carbocycles. The van der Waals surface area contributed by atoms with Crippen LogP contribution in [-0.2, 0) is 45.0 Å². The van der Waals surface area contributed by atoms with Gasteiger partial charge in [0.25, 0.3) is 0 Å². The molecule has 0 unspecified atom stereocenters. The second-order valence-corrected chi connectivity index (χ2v) is 15.2. The van der Waals surface area contributed by atoms with E-state index < -0.39 is 6.04 Å². The number of aromatic nitrogens is 4. The number of benzene rings is 2. The van der Waals surface area contributed by atoms with Gasteiger partial charge in [-0.2, -0.15) is 58.9 Å². The van der Waals surface area contributed by atoms with Crippen LogP contribution in [0.3, 0.4) is 0 Å². The first-order valence-corrected chi connectivity index (χ1v) is 19.0. The van der Waals surface area contributed by atoms with Crippen molar-refractivity contribution in [3.8, 4) is 0 Å². The summed E-state index contributed by atoms with van der Waals surface area (Å²) in [6.07, 6.45) is 12.3. The summed E-state index contributed by atoms with van der Waals surface area (Å²) in [6, 6.07) is 12.9. The summed E-state index contributed by atoms with van der Waals surface area (Å²) in [6.45, 7) is 11.7. The first-order chi connectivity index (χ1) is 25.1. The summed E-state index contributed by atoms with van der Waals surface area (Å²) >= 11 is 0. The number of carbonyl (C=O) groups excluding carboxylic acids is 2. The Hall–Kier alpha value is -3.11. The smallest absolute Gasteiger partial charge is 0.248 e. The van der Waals surface area contributed by atoms with Gasteiger partial charge in [-0.15, -0.1) is 0 Å². The zero-order valence-electron chi connectivity index (χ0n) is 33.6. The summed E-state index contributed by atoms with van der Waals surface area (Å²) in [5.74, 6) is 2.34. The Morgan fingerprint density at radius 2 is 1.23 bits per heavy atom. The molecule has 15 heteroatoms. The summed E-state index contributed by atoms with van der Waals surface area (Å²) in [4.78, 5) is 60.8. The zero-order valence-corrected chi connectivity index (χ0v) is 37.6. The molecule has 6 rings (SSSR count). The highest BCUT2D eigenvalue weighted by Gasteiger charge is 2.37. The van der Waals surface area contributed by atoms with Gasteiger partial charge in [-0.3, -0.25) is 9.59 Å². The number of carbonyl (C=O) groups is 2. The number of fused-ring (bicyclic) bond motifs is 1. The number of H-pyrrole nitrogens is 2. The minimum absolute atomic E-state index is 0. The van der Waals surface area contributed by atoms with Gasteiger partial charge in [0.15, 0.2) is 0 Å². The number of rotatable bonds is 15. The Morgan fingerprint density at radius 1 is 0.750 bits per heavy atom. The van der Waals surface area contributed by atoms with E-state index in [1.807, 2.05) is 43.0 Å². The van der Waals surface area contributed by atoms with Crippen molar-refractivity contribution in [2.24, 2.45) is 22.7 Å². The van der Waals surface area contributed by atoms with Gasteiger partial charge in [-0.25, -0.2) is 15.0 Å². The fourth-order valence-corrected chi connectivity index (χ4v) is 7.56. The number of imidazole rings is 2. The van der Waals surface area contributed by atoms with E-state index in [0.29, 0.717) is 12.5 Å². The Labute approximate surface area is 360 Å². The molecule has 2 N–H and O–H groups in total. The van der Waals surface area contributed by atoms with Crippen LogP contribution in [0.5, 0.6) is 0 Å². The van der Waals surface area contributed by atoms with Crippen LogP contribution in [0.1, 0.15) is 107 Å². The number of hydrogen-bond acceptors (Lipinski definition) is 7. The lowest BCUT2D eigenvalue weighted by Gasteiger charge is -2.27. The average Bonchev–Trinajstić information content (AvgIpc) is 3.97. The van der Waals surface area contributed by atoms with Gasteiger partial charge in [-0.1, -0.05) is 71.0 Å². The molecule has 0 spiro atoms. The largest absolute Gasteiger partial charge is 0.344 e. The molecule has 2 aliphatic rings. The van der Waals surface area contributed by atoms with Crippen LogP contribution in [-0.4, -0.2) is 74.2 Å². The highest BCUT2D eigenvalue weighted by molar-refractivity contribution is 7.59. The monoisotopic (exact) mass is 845 g/mol. The average molecular weight is 846 g/mol. The van der Waals surface area contributed by atoms with E-state index in [2.05, 4.69) is 70.1 Å². The Morgan fingerprint density at radius 3 is 1.68 bits per heavy atom. The summed E-state index contributed by atoms with van der Waals surface area (Å²) in [7, 11) is 1.41. The third-order valence-electron chi connectivity index (χ3n) is 11.0. The molecule has 2 aromatic carbocycles. The van der Waals surface area contributed by atoms with Crippen molar-refractivity contribution in [3.63, 3.8) is 0 Å². The maximum absolute atomic E-state index is 13.5. The fourth-order valence-electron chi connectivity index (χ4n) is 7.56. The lowest BCUT2D eigenvalue weighted by Crippen LogP contribution is -2.40. The number of nitrogens with zero attached hydrogens (tertiary/aromatic N) is 5. The van der Waals surface area contributed by atoms with Gasteiger partial charge < -0.3 is 24.7 Å². The molecule has 4 heterocycles. The van der Waals surface area contributed by atoms with Crippen molar-refractivity contribution in [1.82, 2.24) is 29.7 Å². The van der Waals surface area contributed by atoms with E-state index in [4.69, 9.17) is 14.9 Å². The van der Waals surface area contributed by atoms with Crippen molar-refractivity contribution in [2.75, 3.05) is 20.2 Å². The third-order valence-corrected chi connectivity index (χ3v) is 11.0. The minimum Gasteiger partial charge on any atom is -0.344 e. The SMILES string of the molecule is COOC=N[C@H](C(=O)N1CCC[C@H]1c1ncc(CCc2ccc3cc(CCc4cnc([C@@H]5CCCN5C(=O)[C@@H](C)C(C)C)[nH]4)ccc3c2)[nH]1)C(C)C.S.S.S.S. The van der Waals surface area contributed by atoms with Crippen LogP contribution in [0.15, 0.2) is 53.8 Å². The van der Waals surface area contributed by atoms with E-state index in [9.17, 15) is 9.59 Å². The summed E-state index contributed by atoms with van der Waals surface area (Å²) in [5.41, 5.74) is 4.74. The van der Waals surface area contributed by atoms with Crippen LogP contribution >= 0.6 is 54.0 Å². The molecule has 4 atom stereocenters. The van der Waals surface area contributed by atoms with Crippen molar-refractivity contribution in [2.45, 2.75) is 104 Å². The van der Waals surface area contributed by atoms with Crippen molar-refractivity contribution >= 4 is 83.0 Å². The highest BCUT2D eigenvalue weighted by Crippen LogP contribution is 2.34. The first kappa shape index (κ1) is 49.0. The Bertz CT molecular complexity index is 1870. The topological polar surface area (TPSA) is 129 Å². The maximum Gasteiger partial charge on any atom is 0.248 e. The van der Waals surface area contributed by atoms with Crippen LogP contribution in [0.2, 0.25) is 0 Å². The molecule has 2 fully saturated rings. The van der Waals surface area contributed by atoms with E-state index >= 15 is 0 Å². The molecule has 56 heavy (non-hydrogen) atoms. The first-order valence-electron chi connectivity index (χ1n) is 19.0. The zero-order chi connectivity index (χ0) is 36.8. The van der Waals surface area contributed by atoms with Gasteiger partial charge >= 0.3 is 0 Å². The molecule has 310 valence electrons.